The van der Waals surface area contributed by atoms with Gasteiger partial charge in [0.1, 0.15) is 6.04 Å². The molecule has 0 saturated carbocycles. The summed E-state index contributed by atoms with van der Waals surface area (Å²) in [5, 5.41) is 21.4. The maximum Gasteiger partial charge on any atom is 0.320 e. The Balaban J connectivity index is 2.56. The molecule has 2 unspecified atom stereocenters. The van der Waals surface area contributed by atoms with E-state index in [0.717, 1.165) is 5.56 Å². The van der Waals surface area contributed by atoms with Crippen LogP contribution < -0.4 is 5.32 Å². The van der Waals surface area contributed by atoms with Crippen LogP contribution in [0.1, 0.15) is 43.9 Å². The highest BCUT2D eigenvalue weighted by molar-refractivity contribution is 5.72. The van der Waals surface area contributed by atoms with E-state index in [9.17, 15) is 9.90 Å². The van der Waals surface area contributed by atoms with Gasteiger partial charge in [0.25, 0.3) is 0 Å². The third kappa shape index (κ3) is 4.13. The van der Waals surface area contributed by atoms with Gasteiger partial charge in [0.2, 0.25) is 0 Å². The molecule has 0 heterocycles. The molecule has 0 amide bonds. The molecule has 4 nitrogen and oxygen atoms in total. The molecule has 0 aliphatic heterocycles. The maximum absolute atomic E-state index is 10.6. The highest BCUT2D eigenvalue weighted by Gasteiger charge is 2.13. The zero-order chi connectivity index (χ0) is 13.7. The first kappa shape index (κ1) is 14.7. The van der Waals surface area contributed by atoms with Crippen LogP contribution in [0.4, 0.5) is 0 Å². The molecule has 0 spiro atoms. The Kier molecular flexibility index (Phi) is 5.31. The monoisotopic (exact) mass is 251 g/mol. The lowest BCUT2D eigenvalue weighted by atomic mass is 10.00. The van der Waals surface area contributed by atoms with Crippen LogP contribution in [0.3, 0.4) is 0 Å². The van der Waals surface area contributed by atoms with Crippen LogP contribution in [-0.4, -0.2) is 28.8 Å². The Morgan fingerprint density at radius 2 is 1.67 bits per heavy atom. The largest absolute Gasteiger partial charge is 0.480 e. The first-order valence-electron chi connectivity index (χ1n) is 6.16. The molecule has 0 fully saturated rings. The van der Waals surface area contributed by atoms with Crippen LogP contribution in [0.15, 0.2) is 24.3 Å². The van der Waals surface area contributed by atoms with Crippen molar-refractivity contribution < 1.29 is 15.0 Å². The molecule has 1 aromatic rings. The number of aliphatic carboxylic acids is 1. The molecule has 100 valence electrons. The van der Waals surface area contributed by atoms with Crippen molar-refractivity contribution in [3.63, 3.8) is 0 Å². The molecule has 2 atom stereocenters. The van der Waals surface area contributed by atoms with Gasteiger partial charge in [-0.05, 0) is 24.0 Å². The maximum atomic E-state index is 10.6. The highest BCUT2D eigenvalue weighted by atomic mass is 16.4. The number of carboxylic acid groups (broad SMARTS) is 1. The molecular weight excluding hydrogens is 230 g/mol. The summed E-state index contributed by atoms with van der Waals surface area (Å²) in [5.74, 6) is -0.460. The van der Waals surface area contributed by atoms with E-state index in [0.29, 0.717) is 5.92 Å². The fraction of sp³-hybridized carbons (Fsp3) is 0.500. The number of aliphatic hydroxyl groups excluding tert-OH is 1. The minimum Gasteiger partial charge on any atom is -0.480 e. The average molecular weight is 251 g/mol. The van der Waals surface area contributed by atoms with E-state index in [1.54, 1.807) is 6.92 Å². The number of hydrogen-bond acceptors (Lipinski definition) is 3. The molecule has 4 heteroatoms. The van der Waals surface area contributed by atoms with Crippen molar-refractivity contribution in [2.45, 2.75) is 38.8 Å². The lowest BCUT2D eigenvalue weighted by molar-refractivity contribution is -0.139. The SMILES string of the molecule is CC(NCC(O)c1ccc(C(C)C)cc1)C(=O)O. The number of hydrogen-bond donors (Lipinski definition) is 3. The summed E-state index contributed by atoms with van der Waals surface area (Å²) < 4.78 is 0. The smallest absolute Gasteiger partial charge is 0.320 e. The molecule has 18 heavy (non-hydrogen) atoms. The van der Waals surface area contributed by atoms with Gasteiger partial charge in [0.15, 0.2) is 0 Å². The summed E-state index contributed by atoms with van der Waals surface area (Å²) in [6.45, 7) is 6.01. The van der Waals surface area contributed by atoms with E-state index in [-0.39, 0.29) is 6.54 Å². The van der Waals surface area contributed by atoms with Gasteiger partial charge in [-0.3, -0.25) is 4.79 Å². The van der Waals surface area contributed by atoms with E-state index in [2.05, 4.69) is 19.2 Å². The van der Waals surface area contributed by atoms with Crippen molar-refractivity contribution >= 4 is 5.97 Å². The summed E-state index contributed by atoms with van der Waals surface area (Å²) in [4.78, 5) is 10.6. The van der Waals surface area contributed by atoms with E-state index in [4.69, 9.17) is 5.11 Å². The molecular formula is C14H21NO3. The van der Waals surface area contributed by atoms with Crippen LogP contribution in [0.5, 0.6) is 0 Å². The molecule has 3 N–H and O–H groups in total. The summed E-state index contributed by atoms with van der Waals surface area (Å²) in [6, 6.07) is 7.09. The van der Waals surface area contributed by atoms with Crippen molar-refractivity contribution in [1.82, 2.24) is 5.32 Å². The first-order chi connectivity index (χ1) is 8.41. The molecule has 0 bridgehead atoms. The van der Waals surface area contributed by atoms with Crippen molar-refractivity contribution in [1.29, 1.82) is 0 Å². The van der Waals surface area contributed by atoms with Crippen LogP contribution >= 0.6 is 0 Å². The normalized spacial score (nSPS) is 14.5. The topological polar surface area (TPSA) is 69.6 Å². The summed E-state index contributed by atoms with van der Waals surface area (Å²) in [5.41, 5.74) is 2.02. The summed E-state index contributed by atoms with van der Waals surface area (Å²) in [6.07, 6.45) is -0.687. The van der Waals surface area contributed by atoms with Crippen LogP contribution in [0.2, 0.25) is 0 Å². The van der Waals surface area contributed by atoms with Crippen molar-refractivity contribution in [3.05, 3.63) is 35.4 Å². The second-order valence-electron chi connectivity index (χ2n) is 4.81. The Hall–Kier alpha value is -1.39. The van der Waals surface area contributed by atoms with Crippen LogP contribution in [0.25, 0.3) is 0 Å². The van der Waals surface area contributed by atoms with Gasteiger partial charge in [0.05, 0.1) is 6.10 Å². The van der Waals surface area contributed by atoms with Crippen molar-refractivity contribution in [2.75, 3.05) is 6.54 Å². The summed E-state index contributed by atoms with van der Waals surface area (Å²) in [7, 11) is 0. The zero-order valence-electron chi connectivity index (χ0n) is 11.1. The van der Waals surface area contributed by atoms with E-state index >= 15 is 0 Å². The average Bonchev–Trinajstić information content (AvgIpc) is 2.35. The van der Waals surface area contributed by atoms with Crippen LogP contribution in [-0.2, 0) is 4.79 Å². The number of rotatable bonds is 6. The third-order valence-electron chi connectivity index (χ3n) is 2.98. The Morgan fingerprint density at radius 1 is 1.17 bits per heavy atom. The van der Waals surface area contributed by atoms with Crippen LogP contribution in [0, 0.1) is 0 Å². The fourth-order valence-electron chi connectivity index (χ4n) is 1.60. The second-order valence-corrected chi connectivity index (χ2v) is 4.81. The minimum absolute atomic E-state index is 0.231. The molecule has 0 aromatic heterocycles. The Bertz CT molecular complexity index is 387. The van der Waals surface area contributed by atoms with Gasteiger partial charge in [-0.25, -0.2) is 0 Å². The third-order valence-corrected chi connectivity index (χ3v) is 2.98. The molecule has 0 aliphatic carbocycles. The predicted octanol–water partition coefficient (Wildman–Crippen LogP) is 1.91. The van der Waals surface area contributed by atoms with Gasteiger partial charge in [-0.15, -0.1) is 0 Å². The Morgan fingerprint density at radius 3 is 2.11 bits per heavy atom. The lowest BCUT2D eigenvalue weighted by Gasteiger charge is -2.15. The number of aliphatic hydroxyl groups is 1. The minimum atomic E-state index is -0.919. The second kappa shape index (κ2) is 6.52. The predicted molar refractivity (Wildman–Crippen MR) is 70.6 cm³/mol. The van der Waals surface area contributed by atoms with Gasteiger partial charge < -0.3 is 15.5 Å². The van der Waals surface area contributed by atoms with E-state index in [1.165, 1.54) is 5.56 Å². The highest BCUT2D eigenvalue weighted by Crippen LogP contribution is 2.18. The van der Waals surface area contributed by atoms with Gasteiger partial charge in [-0.2, -0.15) is 0 Å². The van der Waals surface area contributed by atoms with E-state index < -0.39 is 18.1 Å². The standard InChI is InChI=1S/C14H21NO3/c1-9(2)11-4-6-12(7-5-11)13(16)8-15-10(3)14(17)18/h4-7,9-10,13,15-16H,8H2,1-3H3,(H,17,18). The molecule has 0 saturated heterocycles. The quantitative estimate of drug-likeness (QED) is 0.722. The van der Waals surface area contributed by atoms with Crippen molar-refractivity contribution in [3.8, 4) is 0 Å². The zero-order valence-corrected chi connectivity index (χ0v) is 11.1. The molecule has 1 aromatic carbocycles. The van der Waals surface area contributed by atoms with Gasteiger partial charge in [0, 0.05) is 6.54 Å². The first-order valence-corrected chi connectivity index (χ1v) is 6.16. The fourth-order valence-corrected chi connectivity index (χ4v) is 1.60. The lowest BCUT2D eigenvalue weighted by Crippen LogP contribution is -2.36. The van der Waals surface area contributed by atoms with E-state index in [1.807, 2.05) is 24.3 Å². The van der Waals surface area contributed by atoms with Gasteiger partial charge >= 0.3 is 5.97 Å². The van der Waals surface area contributed by atoms with Crippen molar-refractivity contribution in [2.24, 2.45) is 0 Å². The number of benzene rings is 1. The Labute approximate surface area is 108 Å². The number of carbonyl (C=O) groups is 1. The summed E-state index contributed by atoms with van der Waals surface area (Å²) >= 11 is 0. The van der Waals surface area contributed by atoms with Gasteiger partial charge in [-0.1, -0.05) is 38.1 Å². The molecule has 0 radical (unpaired) electrons. The molecule has 1 rings (SSSR count). The number of nitrogens with one attached hydrogen (secondary N) is 1. The number of carboxylic acids is 1. The molecule has 0 aliphatic rings.